The molecule has 0 fully saturated rings. The lowest BCUT2D eigenvalue weighted by atomic mass is 10.2. The van der Waals surface area contributed by atoms with E-state index in [1.807, 2.05) is 36.5 Å². The van der Waals surface area contributed by atoms with Crippen LogP contribution in [0.2, 0.25) is 0 Å². The summed E-state index contributed by atoms with van der Waals surface area (Å²) in [6.07, 6.45) is 7.28. The molecular formula is C20H23N3O3. The largest absolute Gasteiger partial charge is 0.494 e. The van der Waals surface area contributed by atoms with Crippen LogP contribution in [-0.4, -0.2) is 28.8 Å². The Kier molecular flexibility index (Phi) is 6.09. The number of hydrogen-bond acceptors (Lipinski definition) is 4. The first-order valence-corrected chi connectivity index (χ1v) is 8.81. The first kappa shape index (κ1) is 17.8. The van der Waals surface area contributed by atoms with Crippen molar-refractivity contribution in [2.24, 2.45) is 0 Å². The van der Waals surface area contributed by atoms with E-state index in [4.69, 9.17) is 9.15 Å². The zero-order valence-corrected chi connectivity index (χ0v) is 14.8. The van der Waals surface area contributed by atoms with Gasteiger partial charge in [0.1, 0.15) is 17.6 Å². The standard InChI is InChI=1S/C20H23N3O3/c1-2-3-13-25-17-9-7-16(8-10-17)20(24)21-15-18(19-6-4-14-26-19)23-12-5-11-22-23/h4-12,14,18H,2-3,13,15H2,1H3,(H,21,24). The van der Waals surface area contributed by atoms with Crippen molar-refractivity contribution in [2.45, 2.75) is 25.8 Å². The first-order chi connectivity index (χ1) is 12.8. The van der Waals surface area contributed by atoms with Gasteiger partial charge in [-0.3, -0.25) is 9.48 Å². The van der Waals surface area contributed by atoms with Crippen LogP contribution in [0.5, 0.6) is 5.75 Å². The van der Waals surface area contributed by atoms with Gasteiger partial charge in [0.15, 0.2) is 0 Å². The van der Waals surface area contributed by atoms with Gasteiger partial charge in [-0.25, -0.2) is 0 Å². The van der Waals surface area contributed by atoms with Gasteiger partial charge >= 0.3 is 0 Å². The number of nitrogens with one attached hydrogen (secondary N) is 1. The molecule has 0 saturated carbocycles. The predicted molar refractivity (Wildman–Crippen MR) is 98.3 cm³/mol. The molecule has 0 spiro atoms. The highest BCUT2D eigenvalue weighted by molar-refractivity contribution is 5.94. The van der Waals surface area contributed by atoms with Crippen LogP contribution >= 0.6 is 0 Å². The number of rotatable bonds is 9. The number of carbonyl (C=O) groups is 1. The van der Waals surface area contributed by atoms with E-state index in [-0.39, 0.29) is 11.9 Å². The van der Waals surface area contributed by atoms with Crippen molar-refractivity contribution in [3.63, 3.8) is 0 Å². The summed E-state index contributed by atoms with van der Waals surface area (Å²) in [4.78, 5) is 12.4. The highest BCUT2D eigenvalue weighted by Gasteiger charge is 2.18. The zero-order valence-electron chi connectivity index (χ0n) is 14.8. The minimum atomic E-state index is -0.194. The highest BCUT2D eigenvalue weighted by atomic mass is 16.5. The van der Waals surface area contributed by atoms with Crippen molar-refractivity contribution in [3.8, 4) is 5.75 Å². The Morgan fingerprint density at radius 1 is 1.27 bits per heavy atom. The van der Waals surface area contributed by atoms with Gasteiger partial charge in [0.2, 0.25) is 0 Å². The molecule has 1 N–H and O–H groups in total. The minimum absolute atomic E-state index is 0.145. The number of unbranched alkanes of at least 4 members (excludes halogenated alkanes) is 1. The van der Waals surface area contributed by atoms with Crippen LogP contribution in [0.25, 0.3) is 0 Å². The van der Waals surface area contributed by atoms with Crippen LogP contribution in [-0.2, 0) is 0 Å². The van der Waals surface area contributed by atoms with Gasteiger partial charge < -0.3 is 14.5 Å². The number of furan rings is 1. The fourth-order valence-corrected chi connectivity index (χ4v) is 2.60. The second-order valence-corrected chi connectivity index (χ2v) is 5.95. The van der Waals surface area contributed by atoms with Crippen molar-refractivity contribution >= 4 is 5.91 Å². The van der Waals surface area contributed by atoms with Crippen LogP contribution < -0.4 is 10.1 Å². The Balaban J connectivity index is 1.60. The highest BCUT2D eigenvalue weighted by Crippen LogP contribution is 2.18. The molecule has 0 aliphatic carbocycles. The van der Waals surface area contributed by atoms with Crippen molar-refractivity contribution < 1.29 is 13.9 Å². The van der Waals surface area contributed by atoms with E-state index in [1.165, 1.54) is 0 Å². The lowest BCUT2D eigenvalue weighted by molar-refractivity contribution is 0.0948. The molecule has 1 unspecified atom stereocenters. The predicted octanol–water partition coefficient (Wildman–Crippen LogP) is 3.67. The molecule has 0 aliphatic rings. The molecule has 136 valence electrons. The van der Waals surface area contributed by atoms with Gasteiger partial charge in [0, 0.05) is 24.5 Å². The normalized spacial score (nSPS) is 11.9. The van der Waals surface area contributed by atoms with Crippen LogP contribution in [0, 0.1) is 0 Å². The lowest BCUT2D eigenvalue weighted by Crippen LogP contribution is -2.31. The molecule has 1 aromatic carbocycles. The lowest BCUT2D eigenvalue weighted by Gasteiger charge is -2.16. The summed E-state index contributed by atoms with van der Waals surface area (Å²) in [5.74, 6) is 1.38. The molecule has 0 saturated heterocycles. The molecule has 6 heteroatoms. The first-order valence-electron chi connectivity index (χ1n) is 8.81. The van der Waals surface area contributed by atoms with Gasteiger partial charge in [-0.1, -0.05) is 13.3 Å². The third-order valence-corrected chi connectivity index (χ3v) is 4.05. The summed E-state index contributed by atoms with van der Waals surface area (Å²) in [5, 5.41) is 7.21. The topological polar surface area (TPSA) is 69.3 Å². The quantitative estimate of drug-likeness (QED) is 0.596. The summed E-state index contributed by atoms with van der Waals surface area (Å²) in [5.41, 5.74) is 0.589. The summed E-state index contributed by atoms with van der Waals surface area (Å²) in [6.45, 7) is 3.19. The summed E-state index contributed by atoms with van der Waals surface area (Å²) < 4.78 is 12.9. The molecule has 26 heavy (non-hydrogen) atoms. The summed E-state index contributed by atoms with van der Waals surface area (Å²) >= 11 is 0. The Labute approximate surface area is 152 Å². The minimum Gasteiger partial charge on any atom is -0.494 e. The van der Waals surface area contributed by atoms with E-state index in [2.05, 4.69) is 17.3 Å². The number of nitrogens with zero attached hydrogens (tertiary/aromatic N) is 2. The van der Waals surface area contributed by atoms with Gasteiger partial charge in [-0.2, -0.15) is 5.10 Å². The van der Waals surface area contributed by atoms with Crippen molar-refractivity contribution in [1.82, 2.24) is 15.1 Å². The zero-order chi connectivity index (χ0) is 18.2. The number of amides is 1. The van der Waals surface area contributed by atoms with Gasteiger partial charge in [0.25, 0.3) is 5.91 Å². The second-order valence-electron chi connectivity index (χ2n) is 5.95. The maximum Gasteiger partial charge on any atom is 0.251 e. The van der Waals surface area contributed by atoms with Crippen LogP contribution in [0.1, 0.15) is 41.9 Å². The van der Waals surface area contributed by atoms with E-state index in [9.17, 15) is 4.79 Å². The van der Waals surface area contributed by atoms with E-state index >= 15 is 0 Å². The number of carbonyl (C=O) groups excluding carboxylic acids is 1. The van der Waals surface area contributed by atoms with E-state index in [1.54, 1.807) is 29.3 Å². The average molecular weight is 353 g/mol. The molecule has 3 rings (SSSR count). The molecule has 1 atom stereocenters. The monoisotopic (exact) mass is 353 g/mol. The Bertz CT molecular complexity index is 746. The third kappa shape index (κ3) is 4.53. The molecule has 3 aromatic rings. The third-order valence-electron chi connectivity index (χ3n) is 4.05. The molecule has 6 nitrogen and oxygen atoms in total. The molecule has 2 aromatic heterocycles. The van der Waals surface area contributed by atoms with Gasteiger partial charge in [0.05, 0.1) is 12.9 Å². The summed E-state index contributed by atoms with van der Waals surface area (Å²) in [7, 11) is 0. The van der Waals surface area contributed by atoms with Gasteiger partial charge in [-0.05, 0) is 48.9 Å². The van der Waals surface area contributed by atoms with E-state index in [0.717, 1.165) is 24.4 Å². The Morgan fingerprint density at radius 2 is 2.12 bits per heavy atom. The number of aromatic nitrogens is 2. The van der Waals surface area contributed by atoms with E-state index < -0.39 is 0 Å². The number of benzene rings is 1. The van der Waals surface area contributed by atoms with E-state index in [0.29, 0.717) is 18.7 Å². The van der Waals surface area contributed by atoms with Crippen LogP contribution in [0.4, 0.5) is 0 Å². The van der Waals surface area contributed by atoms with Crippen molar-refractivity contribution in [3.05, 3.63) is 72.4 Å². The SMILES string of the molecule is CCCCOc1ccc(C(=O)NCC(c2ccco2)n2cccn2)cc1. The fraction of sp³-hybridized carbons (Fsp3) is 0.300. The molecule has 1 amide bonds. The van der Waals surface area contributed by atoms with Crippen LogP contribution in [0.15, 0.2) is 65.5 Å². The molecule has 0 aliphatic heterocycles. The molecule has 0 bridgehead atoms. The average Bonchev–Trinajstić information content (AvgIpc) is 3.37. The number of hydrogen-bond donors (Lipinski definition) is 1. The fourth-order valence-electron chi connectivity index (χ4n) is 2.60. The molecule has 0 radical (unpaired) electrons. The Morgan fingerprint density at radius 3 is 2.77 bits per heavy atom. The second kappa shape index (κ2) is 8.89. The van der Waals surface area contributed by atoms with Gasteiger partial charge in [-0.15, -0.1) is 0 Å². The summed E-state index contributed by atoms with van der Waals surface area (Å²) in [6, 6.07) is 12.5. The van der Waals surface area contributed by atoms with Crippen molar-refractivity contribution in [2.75, 3.05) is 13.2 Å². The smallest absolute Gasteiger partial charge is 0.251 e. The van der Waals surface area contributed by atoms with Crippen molar-refractivity contribution in [1.29, 1.82) is 0 Å². The molecule has 2 heterocycles. The number of ether oxygens (including phenoxy) is 1. The Hall–Kier alpha value is -3.02. The van der Waals surface area contributed by atoms with Crippen LogP contribution in [0.3, 0.4) is 0 Å². The maximum absolute atomic E-state index is 12.4. The maximum atomic E-state index is 12.4. The molecular weight excluding hydrogens is 330 g/mol.